The molecule has 0 saturated carbocycles. The number of allylic oxidation sites excluding steroid dienone is 7. The van der Waals surface area contributed by atoms with Crippen molar-refractivity contribution >= 4 is 18.8 Å². The summed E-state index contributed by atoms with van der Waals surface area (Å²) in [6.07, 6.45) is 21.9. The second-order valence-corrected chi connectivity index (χ2v) is 5.53. The summed E-state index contributed by atoms with van der Waals surface area (Å²) in [4.78, 5) is 11.8. The van der Waals surface area contributed by atoms with Gasteiger partial charge in [0.2, 0.25) is 0 Å². The fourth-order valence-corrected chi connectivity index (χ4v) is 1.70. The van der Waals surface area contributed by atoms with E-state index in [0.29, 0.717) is 5.92 Å². The maximum Gasteiger partial charge on any atom is 0.109 e. The molecule has 2 aliphatic rings. The van der Waals surface area contributed by atoms with E-state index in [1.165, 1.54) is 5.57 Å². The Bertz CT molecular complexity index is 626. The van der Waals surface area contributed by atoms with Crippen LogP contribution in [0.4, 0.5) is 0 Å². The number of nitrogens with zero attached hydrogens (tertiary/aromatic N) is 5. The summed E-state index contributed by atoms with van der Waals surface area (Å²) < 4.78 is 0. The molecule has 0 aromatic rings. The molecule has 0 bridgehead atoms. The van der Waals surface area contributed by atoms with E-state index in [-0.39, 0.29) is 0 Å². The van der Waals surface area contributed by atoms with Crippen LogP contribution in [0.5, 0.6) is 0 Å². The molecule has 5 heteroatoms. The number of rotatable bonds is 3. The van der Waals surface area contributed by atoms with E-state index in [2.05, 4.69) is 51.2 Å². The van der Waals surface area contributed by atoms with E-state index < -0.39 is 0 Å². The summed E-state index contributed by atoms with van der Waals surface area (Å²) in [7, 11) is 0. The molecule has 0 amide bonds. The quantitative estimate of drug-likeness (QED) is 0.334. The fourth-order valence-electron chi connectivity index (χ4n) is 1.70. The second-order valence-electron chi connectivity index (χ2n) is 5.53. The van der Waals surface area contributed by atoms with Crippen LogP contribution in [0.1, 0.15) is 41.0 Å². The average molecular weight is 354 g/mol. The summed E-state index contributed by atoms with van der Waals surface area (Å²) in [5, 5.41) is 7.55. The molecule has 0 aromatic heterocycles. The highest BCUT2D eigenvalue weighted by Crippen LogP contribution is 2.06. The maximum atomic E-state index is 4.03. The van der Waals surface area contributed by atoms with E-state index in [4.69, 9.17) is 0 Å². The number of aliphatic imine (C=N–C) groups is 3. The third kappa shape index (κ3) is 16.2. The van der Waals surface area contributed by atoms with Gasteiger partial charge < -0.3 is 0 Å². The van der Waals surface area contributed by atoms with E-state index in [1.807, 2.05) is 57.5 Å². The molecule has 2 heterocycles. The zero-order valence-corrected chi connectivity index (χ0v) is 16.6. The number of hydrogen-bond acceptors (Lipinski definition) is 4. The Kier molecular flexibility index (Phi) is 15.4. The lowest BCUT2D eigenvalue weighted by Gasteiger charge is -1.93. The number of hydrogen-bond donors (Lipinski definition) is 0. The Morgan fingerprint density at radius 3 is 2.77 bits per heavy atom. The molecule has 0 aromatic carbocycles. The summed E-state index contributed by atoms with van der Waals surface area (Å²) >= 11 is 0. The Morgan fingerprint density at radius 1 is 1.23 bits per heavy atom. The molecule has 0 fully saturated rings. The zero-order valence-electron chi connectivity index (χ0n) is 16.6. The van der Waals surface area contributed by atoms with Gasteiger partial charge in [0.15, 0.2) is 0 Å². The van der Waals surface area contributed by atoms with Gasteiger partial charge in [-0.2, -0.15) is 10.2 Å². The first kappa shape index (κ1) is 23.3. The highest BCUT2D eigenvalue weighted by molar-refractivity contribution is 5.78. The minimum absolute atomic E-state index is 0.535. The SMILES string of the molecule is CC1=CC(C)C=CN=C1.CC1=CCC=CN=N1.CC=NC=NC/C=C/C. The minimum atomic E-state index is 0.535. The van der Waals surface area contributed by atoms with Gasteiger partial charge in [-0.05, 0) is 45.6 Å². The Labute approximate surface area is 158 Å². The Balaban J connectivity index is 0.000000361. The van der Waals surface area contributed by atoms with Crippen LogP contribution in [-0.4, -0.2) is 25.3 Å². The van der Waals surface area contributed by atoms with Crippen LogP contribution in [0, 0.1) is 5.92 Å². The van der Waals surface area contributed by atoms with Gasteiger partial charge in [-0.3, -0.25) is 9.98 Å². The lowest BCUT2D eigenvalue weighted by Crippen LogP contribution is -1.82. The van der Waals surface area contributed by atoms with Crippen LogP contribution in [0.3, 0.4) is 0 Å². The van der Waals surface area contributed by atoms with Gasteiger partial charge in [-0.1, -0.05) is 43.4 Å². The molecule has 0 spiro atoms. The summed E-state index contributed by atoms with van der Waals surface area (Å²) in [5.41, 5.74) is 2.24. The Hall–Kier alpha value is -2.69. The van der Waals surface area contributed by atoms with Crippen molar-refractivity contribution in [2.45, 2.75) is 41.0 Å². The third-order valence-electron chi connectivity index (χ3n) is 2.96. The standard InChI is InChI=1S/C8H11N.C7H12N2.C6H8N2/c1-7-3-4-9-6-8(2)5-7;1-3-5-6-9-7-8-4-2;1-6-4-2-3-5-7-8-6/h3-7H,1-2H3;3-5,7H,6H2,1-2H3;3-5H,2H2,1H3/b;5-3+,8-4?,9-7?;. The second kappa shape index (κ2) is 17.1. The van der Waals surface area contributed by atoms with Gasteiger partial charge in [-0.15, -0.1) is 0 Å². The molecule has 1 atom stereocenters. The fraction of sp³-hybridized carbons (Fsp3) is 0.381. The molecule has 5 nitrogen and oxygen atoms in total. The maximum absolute atomic E-state index is 4.03. The smallest absolute Gasteiger partial charge is 0.109 e. The van der Waals surface area contributed by atoms with Gasteiger partial charge in [0.25, 0.3) is 0 Å². The van der Waals surface area contributed by atoms with Crippen LogP contribution in [-0.2, 0) is 0 Å². The van der Waals surface area contributed by atoms with Crippen molar-refractivity contribution in [2.75, 3.05) is 6.54 Å². The first-order valence-electron chi connectivity index (χ1n) is 8.78. The predicted octanol–water partition coefficient (Wildman–Crippen LogP) is 6.11. The predicted molar refractivity (Wildman–Crippen MR) is 115 cm³/mol. The van der Waals surface area contributed by atoms with E-state index in [9.17, 15) is 0 Å². The molecule has 140 valence electrons. The summed E-state index contributed by atoms with van der Waals surface area (Å²) in [6, 6.07) is 0. The van der Waals surface area contributed by atoms with Crippen molar-refractivity contribution in [2.24, 2.45) is 31.1 Å². The molecular weight excluding hydrogens is 322 g/mol. The molecule has 2 aliphatic heterocycles. The van der Waals surface area contributed by atoms with E-state index in [0.717, 1.165) is 18.7 Å². The van der Waals surface area contributed by atoms with Crippen molar-refractivity contribution in [3.8, 4) is 0 Å². The monoisotopic (exact) mass is 353 g/mol. The Morgan fingerprint density at radius 2 is 2.04 bits per heavy atom. The van der Waals surface area contributed by atoms with Crippen LogP contribution in [0.2, 0.25) is 0 Å². The minimum Gasteiger partial charge on any atom is -0.269 e. The largest absolute Gasteiger partial charge is 0.269 e. The highest BCUT2D eigenvalue weighted by Gasteiger charge is 1.93. The van der Waals surface area contributed by atoms with Gasteiger partial charge in [-0.25, -0.2) is 4.99 Å². The average Bonchev–Trinajstić information content (AvgIpc) is 2.97. The molecule has 2 rings (SSSR count). The lowest BCUT2D eigenvalue weighted by atomic mass is 10.1. The highest BCUT2D eigenvalue weighted by atomic mass is 15.1. The lowest BCUT2D eigenvalue weighted by molar-refractivity contribution is 0.933. The van der Waals surface area contributed by atoms with Crippen LogP contribution < -0.4 is 0 Å². The molecular formula is C21H31N5. The van der Waals surface area contributed by atoms with Crippen molar-refractivity contribution in [3.63, 3.8) is 0 Å². The van der Waals surface area contributed by atoms with Crippen LogP contribution in [0.25, 0.3) is 0 Å². The molecule has 26 heavy (non-hydrogen) atoms. The topological polar surface area (TPSA) is 61.8 Å². The zero-order chi connectivity index (χ0) is 19.5. The van der Waals surface area contributed by atoms with Crippen LogP contribution in [0.15, 0.2) is 85.3 Å². The first-order chi connectivity index (χ1) is 12.6. The molecule has 0 N–H and O–H groups in total. The van der Waals surface area contributed by atoms with Gasteiger partial charge in [0.1, 0.15) is 6.34 Å². The van der Waals surface area contributed by atoms with Crippen molar-refractivity contribution in [1.29, 1.82) is 0 Å². The normalized spacial score (nSPS) is 18.7. The summed E-state index contributed by atoms with van der Waals surface area (Å²) in [6.45, 7) is 10.7. The molecule has 0 saturated heterocycles. The summed E-state index contributed by atoms with van der Waals surface area (Å²) in [5.74, 6) is 0.535. The van der Waals surface area contributed by atoms with E-state index >= 15 is 0 Å². The van der Waals surface area contributed by atoms with Crippen molar-refractivity contribution in [3.05, 3.63) is 60.1 Å². The molecule has 0 aliphatic carbocycles. The van der Waals surface area contributed by atoms with Crippen molar-refractivity contribution < 1.29 is 0 Å². The van der Waals surface area contributed by atoms with Crippen LogP contribution >= 0.6 is 0 Å². The van der Waals surface area contributed by atoms with Gasteiger partial charge >= 0.3 is 0 Å². The van der Waals surface area contributed by atoms with Gasteiger partial charge in [0.05, 0.1) is 12.2 Å². The van der Waals surface area contributed by atoms with Crippen molar-refractivity contribution in [1.82, 2.24) is 0 Å². The third-order valence-corrected chi connectivity index (χ3v) is 2.96. The van der Waals surface area contributed by atoms with E-state index in [1.54, 1.807) is 18.8 Å². The van der Waals surface area contributed by atoms with Gasteiger partial charge in [0, 0.05) is 24.8 Å². The first-order valence-corrected chi connectivity index (χ1v) is 8.78. The molecule has 0 radical (unpaired) electrons. The number of azo groups is 1. The molecule has 1 unspecified atom stereocenters.